The Kier molecular flexibility index (Phi) is 3.59. The first-order valence-electron chi connectivity index (χ1n) is 5.96. The molecule has 0 bridgehead atoms. The van der Waals surface area contributed by atoms with E-state index >= 15 is 0 Å². The van der Waals surface area contributed by atoms with E-state index in [1.807, 2.05) is 24.1 Å². The van der Waals surface area contributed by atoms with Crippen LogP contribution in [-0.4, -0.2) is 43.1 Å². The number of aromatic nitrogens is 1. The monoisotopic (exact) mass is 270 g/mol. The average molecular weight is 270 g/mol. The van der Waals surface area contributed by atoms with Crippen molar-refractivity contribution in [3.05, 3.63) is 23.9 Å². The van der Waals surface area contributed by atoms with E-state index in [1.54, 1.807) is 13.1 Å². The molecule has 0 amide bonds. The lowest BCUT2D eigenvalue weighted by Gasteiger charge is -2.24. The third kappa shape index (κ3) is 2.81. The Bertz CT molecular complexity index is 511. The van der Waals surface area contributed by atoms with Gasteiger partial charge in [0.15, 0.2) is 9.84 Å². The molecule has 0 spiro atoms. The molecule has 1 aromatic heterocycles. The number of aliphatic hydroxyl groups is 1. The summed E-state index contributed by atoms with van der Waals surface area (Å²) in [5.41, 5.74) is 0.756. The van der Waals surface area contributed by atoms with Crippen molar-refractivity contribution in [3.8, 4) is 0 Å². The van der Waals surface area contributed by atoms with Crippen LogP contribution >= 0.6 is 0 Å². The molecule has 1 aliphatic rings. The SMILES string of the molecule is CC(O)c1ccc(N(C)C2CCS(=O)(=O)C2)nc1. The number of rotatable bonds is 3. The molecule has 2 atom stereocenters. The molecule has 1 saturated heterocycles. The van der Waals surface area contributed by atoms with Crippen molar-refractivity contribution in [2.45, 2.75) is 25.5 Å². The molecule has 2 rings (SSSR count). The van der Waals surface area contributed by atoms with Gasteiger partial charge in [-0.05, 0) is 25.0 Å². The Morgan fingerprint density at radius 2 is 2.22 bits per heavy atom. The van der Waals surface area contributed by atoms with Gasteiger partial charge in [-0.15, -0.1) is 0 Å². The number of sulfone groups is 1. The number of nitrogens with zero attached hydrogens (tertiary/aromatic N) is 2. The average Bonchev–Trinajstić information content (AvgIpc) is 2.69. The van der Waals surface area contributed by atoms with Crippen LogP contribution in [0, 0.1) is 0 Å². The molecule has 18 heavy (non-hydrogen) atoms. The van der Waals surface area contributed by atoms with Crippen LogP contribution < -0.4 is 4.90 Å². The third-order valence-electron chi connectivity index (χ3n) is 3.37. The summed E-state index contributed by atoms with van der Waals surface area (Å²) in [6, 6.07) is 3.62. The number of anilines is 1. The summed E-state index contributed by atoms with van der Waals surface area (Å²) in [5.74, 6) is 1.19. The van der Waals surface area contributed by atoms with E-state index in [2.05, 4.69) is 4.98 Å². The van der Waals surface area contributed by atoms with E-state index in [0.29, 0.717) is 6.42 Å². The van der Waals surface area contributed by atoms with E-state index in [-0.39, 0.29) is 17.5 Å². The summed E-state index contributed by atoms with van der Waals surface area (Å²) in [7, 11) is -1.02. The normalized spacial score (nSPS) is 23.8. The first-order chi connectivity index (χ1) is 8.39. The maximum absolute atomic E-state index is 11.4. The highest BCUT2D eigenvalue weighted by Crippen LogP contribution is 2.22. The number of aliphatic hydroxyl groups excluding tert-OH is 1. The molecule has 0 saturated carbocycles. The molecule has 2 unspecified atom stereocenters. The van der Waals surface area contributed by atoms with Gasteiger partial charge in [-0.1, -0.05) is 6.07 Å². The Morgan fingerprint density at radius 1 is 1.50 bits per heavy atom. The van der Waals surface area contributed by atoms with Gasteiger partial charge in [0.2, 0.25) is 0 Å². The van der Waals surface area contributed by atoms with Crippen LogP contribution in [0.5, 0.6) is 0 Å². The maximum Gasteiger partial charge on any atom is 0.152 e. The van der Waals surface area contributed by atoms with Crippen molar-refractivity contribution >= 4 is 15.7 Å². The lowest BCUT2D eigenvalue weighted by Crippen LogP contribution is -2.33. The standard InChI is InChI=1S/C12H18N2O3S/c1-9(15)10-3-4-12(13-7-10)14(2)11-5-6-18(16,17)8-11/h3-4,7,9,11,15H,5-6,8H2,1-2H3. The van der Waals surface area contributed by atoms with E-state index in [9.17, 15) is 13.5 Å². The molecule has 1 N–H and O–H groups in total. The molecule has 2 heterocycles. The van der Waals surface area contributed by atoms with Crippen molar-refractivity contribution in [2.24, 2.45) is 0 Å². The van der Waals surface area contributed by atoms with Crippen LogP contribution in [0.25, 0.3) is 0 Å². The second-order valence-electron chi connectivity index (χ2n) is 4.79. The topological polar surface area (TPSA) is 70.5 Å². The minimum atomic E-state index is -2.88. The van der Waals surface area contributed by atoms with E-state index < -0.39 is 15.9 Å². The number of hydrogen-bond acceptors (Lipinski definition) is 5. The van der Waals surface area contributed by atoms with Gasteiger partial charge in [0, 0.05) is 19.3 Å². The first-order valence-corrected chi connectivity index (χ1v) is 7.78. The van der Waals surface area contributed by atoms with Crippen LogP contribution in [0.3, 0.4) is 0 Å². The summed E-state index contributed by atoms with van der Waals surface area (Å²) in [6.45, 7) is 1.68. The zero-order valence-electron chi connectivity index (χ0n) is 10.6. The molecule has 100 valence electrons. The van der Waals surface area contributed by atoms with E-state index in [0.717, 1.165) is 11.4 Å². The molecule has 0 aliphatic carbocycles. The molecule has 1 fully saturated rings. The van der Waals surface area contributed by atoms with Crippen molar-refractivity contribution < 1.29 is 13.5 Å². The van der Waals surface area contributed by atoms with Gasteiger partial charge >= 0.3 is 0 Å². The number of pyridine rings is 1. The van der Waals surface area contributed by atoms with Crippen LogP contribution in [0.15, 0.2) is 18.3 Å². The first kappa shape index (κ1) is 13.3. The summed E-state index contributed by atoms with van der Waals surface area (Å²) < 4.78 is 22.9. The zero-order chi connectivity index (χ0) is 13.3. The summed E-state index contributed by atoms with van der Waals surface area (Å²) in [5, 5.41) is 9.40. The van der Waals surface area contributed by atoms with Gasteiger partial charge < -0.3 is 10.0 Å². The smallest absolute Gasteiger partial charge is 0.152 e. The molecule has 0 radical (unpaired) electrons. The molecular formula is C12H18N2O3S. The van der Waals surface area contributed by atoms with Crippen LogP contribution in [0.2, 0.25) is 0 Å². The highest BCUT2D eigenvalue weighted by atomic mass is 32.2. The molecule has 1 aliphatic heterocycles. The second-order valence-corrected chi connectivity index (χ2v) is 7.02. The molecule has 0 aromatic carbocycles. The predicted octanol–water partition coefficient (Wildman–Crippen LogP) is 0.758. The molecular weight excluding hydrogens is 252 g/mol. The highest BCUT2D eigenvalue weighted by molar-refractivity contribution is 7.91. The van der Waals surface area contributed by atoms with E-state index in [4.69, 9.17) is 0 Å². The quantitative estimate of drug-likeness (QED) is 0.878. The van der Waals surface area contributed by atoms with Crippen LogP contribution in [-0.2, 0) is 9.84 Å². The second kappa shape index (κ2) is 4.85. The van der Waals surface area contributed by atoms with Gasteiger partial charge in [0.25, 0.3) is 0 Å². The van der Waals surface area contributed by atoms with Gasteiger partial charge in [0.05, 0.1) is 17.6 Å². The van der Waals surface area contributed by atoms with Gasteiger partial charge in [-0.3, -0.25) is 0 Å². The molecule has 6 heteroatoms. The van der Waals surface area contributed by atoms with Crippen LogP contribution in [0.1, 0.15) is 25.0 Å². The Labute approximate surface area is 107 Å². The maximum atomic E-state index is 11.4. The minimum absolute atomic E-state index is 0.0000926. The molecule has 1 aromatic rings. The molecule has 5 nitrogen and oxygen atoms in total. The van der Waals surface area contributed by atoms with Crippen molar-refractivity contribution in [1.29, 1.82) is 0 Å². The Hall–Kier alpha value is -1.14. The summed E-state index contributed by atoms with van der Waals surface area (Å²) in [6.07, 6.45) is 1.74. The zero-order valence-corrected chi connectivity index (χ0v) is 11.4. The fraction of sp³-hybridized carbons (Fsp3) is 0.583. The Balaban J connectivity index is 2.12. The number of hydrogen-bond donors (Lipinski definition) is 1. The van der Waals surface area contributed by atoms with Gasteiger partial charge in [0.1, 0.15) is 5.82 Å². The fourth-order valence-corrected chi connectivity index (χ4v) is 3.90. The predicted molar refractivity (Wildman–Crippen MR) is 70.3 cm³/mol. The lowest BCUT2D eigenvalue weighted by molar-refractivity contribution is 0.199. The summed E-state index contributed by atoms with van der Waals surface area (Å²) >= 11 is 0. The van der Waals surface area contributed by atoms with E-state index in [1.165, 1.54) is 0 Å². The van der Waals surface area contributed by atoms with Crippen molar-refractivity contribution in [2.75, 3.05) is 23.5 Å². The van der Waals surface area contributed by atoms with Crippen LogP contribution in [0.4, 0.5) is 5.82 Å². The third-order valence-corrected chi connectivity index (χ3v) is 5.12. The van der Waals surface area contributed by atoms with Gasteiger partial charge in [-0.25, -0.2) is 13.4 Å². The highest BCUT2D eigenvalue weighted by Gasteiger charge is 2.31. The largest absolute Gasteiger partial charge is 0.389 e. The Morgan fingerprint density at radius 3 is 2.67 bits per heavy atom. The van der Waals surface area contributed by atoms with Crippen molar-refractivity contribution in [1.82, 2.24) is 4.98 Å². The fourth-order valence-electron chi connectivity index (χ4n) is 2.12. The minimum Gasteiger partial charge on any atom is -0.389 e. The van der Waals surface area contributed by atoms with Crippen molar-refractivity contribution in [3.63, 3.8) is 0 Å². The lowest BCUT2D eigenvalue weighted by atomic mass is 10.2. The summed E-state index contributed by atoms with van der Waals surface area (Å²) in [4.78, 5) is 6.16. The van der Waals surface area contributed by atoms with Gasteiger partial charge in [-0.2, -0.15) is 0 Å².